The van der Waals surface area contributed by atoms with Crippen LogP contribution in [0.5, 0.6) is 5.75 Å². The van der Waals surface area contributed by atoms with Crippen molar-refractivity contribution in [1.82, 2.24) is 0 Å². The highest BCUT2D eigenvalue weighted by molar-refractivity contribution is 9.10. The van der Waals surface area contributed by atoms with E-state index in [0.717, 1.165) is 6.07 Å². The maximum atomic E-state index is 13.5. The van der Waals surface area contributed by atoms with Crippen molar-refractivity contribution in [1.29, 1.82) is 0 Å². The minimum Gasteiger partial charge on any atom is -0.476 e. The molecule has 1 rings (SSSR count). The molecule has 0 aromatic heterocycles. The summed E-state index contributed by atoms with van der Waals surface area (Å²) in [7, 11) is 0. The molecule has 0 fully saturated rings. The molecule has 0 saturated heterocycles. The van der Waals surface area contributed by atoms with E-state index in [1.165, 1.54) is 6.07 Å². The van der Waals surface area contributed by atoms with E-state index in [9.17, 15) is 13.6 Å². The third kappa shape index (κ3) is 3.66. The highest BCUT2D eigenvalue weighted by Crippen LogP contribution is 2.26. The number of hydrogen-bond donors (Lipinski definition) is 0. The fourth-order valence-electron chi connectivity index (χ4n) is 1.30. The van der Waals surface area contributed by atoms with Crippen LogP contribution < -0.4 is 4.74 Å². The van der Waals surface area contributed by atoms with Crippen molar-refractivity contribution in [2.75, 3.05) is 6.61 Å². The molecule has 3 nitrogen and oxygen atoms in total. The van der Waals surface area contributed by atoms with Crippen LogP contribution in [0.4, 0.5) is 8.78 Å². The lowest BCUT2D eigenvalue weighted by molar-refractivity contribution is -0.151. The first kappa shape index (κ1) is 14.9. The Balaban J connectivity index is 2.91. The summed E-state index contributed by atoms with van der Waals surface area (Å²) in [5.41, 5.74) is 0. The van der Waals surface area contributed by atoms with E-state index >= 15 is 0 Å². The average Bonchev–Trinajstić information content (AvgIpc) is 2.32. The number of ether oxygens (including phenoxy) is 2. The van der Waals surface area contributed by atoms with Gasteiger partial charge in [-0.25, -0.2) is 9.18 Å². The molecule has 0 saturated carbocycles. The van der Waals surface area contributed by atoms with Gasteiger partial charge in [0.15, 0.2) is 17.7 Å². The van der Waals surface area contributed by atoms with Crippen LogP contribution in [0.3, 0.4) is 0 Å². The van der Waals surface area contributed by atoms with E-state index in [-0.39, 0.29) is 12.4 Å². The second-order valence-corrected chi connectivity index (χ2v) is 4.38. The van der Waals surface area contributed by atoms with Crippen molar-refractivity contribution in [3.63, 3.8) is 0 Å². The van der Waals surface area contributed by atoms with Gasteiger partial charge in [0.05, 0.1) is 6.61 Å². The molecule has 0 amide bonds. The van der Waals surface area contributed by atoms with Crippen LogP contribution in [0.15, 0.2) is 16.6 Å². The summed E-state index contributed by atoms with van der Waals surface area (Å²) in [5.74, 6) is -3.08. The standard InChI is InChI=1S/C12H13BrF2O3/c1-3-9(12(16)17-4-2)18-10-6-7(13)5-8(14)11(10)15/h5-6,9H,3-4H2,1-2H3. The van der Waals surface area contributed by atoms with Gasteiger partial charge in [-0.2, -0.15) is 4.39 Å². The van der Waals surface area contributed by atoms with Crippen molar-refractivity contribution in [2.24, 2.45) is 0 Å². The van der Waals surface area contributed by atoms with Crippen molar-refractivity contribution < 1.29 is 23.0 Å². The monoisotopic (exact) mass is 322 g/mol. The van der Waals surface area contributed by atoms with E-state index in [1.54, 1.807) is 13.8 Å². The molecule has 18 heavy (non-hydrogen) atoms. The minimum atomic E-state index is -1.12. The lowest BCUT2D eigenvalue weighted by Gasteiger charge is -2.16. The number of esters is 1. The lowest BCUT2D eigenvalue weighted by atomic mass is 10.2. The number of hydrogen-bond acceptors (Lipinski definition) is 3. The van der Waals surface area contributed by atoms with E-state index < -0.39 is 23.7 Å². The molecule has 0 aliphatic heterocycles. The first-order chi connectivity index (χ1) is 8.49. The molecule has 0 spiro atoms. The molecule has 0 radical (unpaired) electrons. The second kappa shape index (κ2) is 6.68. The smallest absolute Gasteiger partial charge is 0.347 e. The van der Waals surface area contributed by atoms with Gasteiger partial charge in [-0.05, 0) is 25.5 Å². The molecule has 0 bridgehead atoms. The topological polar surface area (TPSA) is 35.5 Å². The third-order valence-corrected chi connectivity index (χ3v) is 2.61. The van der Waals surface area contributed by atoms with Crippen molar-refractivity contribution in [3.05, 3.63) is 28.2 Å². The van der Waals surface area contributed by atoms with E-state index in [1.807, 2.05) is 0 Å². The highest BCUT2D eigenvalue weighted by atomic mass is 79.9. The van der Waals surface area contributed by atoms with Crippen LogP contribution in [-0.2, 0) is 9.53 Å². The Bertz CT molecular complexity index is 438. The van der Waals surface area contributed by atoms with Crippen LogP contribution in [0.25, 0.3) is 0 Å². The Morgan fingerprint density at radius 2 is 2.06 bits per heavy atom. The molecular weight excluding hydrogens is 310 g/mol. The molecule has 1 unspecified atom stereocenters. The summed E-state index contributed by atoms with van der Waals surface area (Å²) in [5, 5.41) is 0. The summed E-state index contributed by atoms with van der Waals surface area (Å²) in [6.07, 6.45) is -0.653. The van der Waals surface area contributed by atoms with E-state index in [4.69, 9.17) is 9.47 Å². The molecule has 0 N–H and O–H groups in total. The summed E-state index contributed by atoms with van der Waals surface area (Å²) in [6.45, 7) is 3.55. The number of rotatable bonds is 5. The molecule has 0 aliphatic carbocycles. The SMILES string of the molecule is CCOC(=O)C(CC)Oc1cc(Br)cc(F)c1F. The van der Waals surface area contributed by atoms with Gasteiger partial charge in [0.2, 0.25) is 5.82 Å². The Hall–Kier alpha value is -1.17. The van der Waals surface area contributed by atoms with Gasteiger partial charge in [-0.3, -0.25) is 0 Å². The lowest BCUT2D eigenvalue weighted by Crippen LogP contribution is -2.29. The zero-order valence-electron chi connectivity index (χ0n) is 10.0. The van der Waals surface area contributed by atoms with E-state index in [0.29, 0.717) is 10.9 Å². The molecule has 100 valence electrons. The van der Waals surface area contributed by atoms with Crippen molar-refractivity contribution in [3.8, 4) is 5.75 Å². The Morgan fingerprint density at radius 1 is 1.39 bits per heavy atom. The molecular formula is C12H13BrF2O3. The average molecular weight is 323 g/mol. The normalized spacial score (nSPS) is 12.1. The largest absolute Gasteiger partial charge is 0.476 e. The molecule has 6 heteroatoms. The molecule has 0 heterocycles. The fraction of sp³-hybridized carbons (Fsp3) is 0.417. The zero-order chi connectivity index (χ0) is 13.7. The van der Waals surface area contributed by atoms with Gasteiger partial charge in [0.25, 0.3) is 0 Å². The number of carbonyl (C=O) groups is 1. The summed E-state index contributed by atoms with van der Waals surface area (Å²) in [6, 6.07) is 2.24. The van der Waals surface area contributed by atoms with Crippen LogP contribution >= 0.6 is 15.9 Å². The van der Waals surface area contributed by atoms with Gasteiger partial charge in [-0.15, -0.1) is 0 Å². The molecule has 1 aromatic carbocycles. The quantitative estimate of drug-likeness (QED) is 0.615. The number of carbonyl (C=O) groups excluding carboxylic acids is 1. The van der Waals surface area contributed by atoms with Crippen LogP contribution in [-0.4, -0.2) is 18.7 Å². The first-order valence-corrected chi connectivity index (χ1v) is 6.26. The Morgan fingerprint density at radius 3 is 2.61 bits per heavy atom. The van der Waals surface area contributed by atoms with Crippen molar-refractivity contribution >= 4 is 21.9 Å². The van der Waals surface area contributed by atoms with Gasteiger partial charge in [0, 0.05) is 4.47 Å². The van der Waals surface area contributed by atoms with Gasteiger partial charge >= 0.3 is 5.97 Å². The second-order valence-electron chi connectivity index (χ2n) is 3.47. The molecule has 1 aromatic rings. The van der Waals surface area contributed by atoms with Crippen LogP contribution in [0.1, 0.15) is 20.3 Å². The highest BCUT2D eigenvalue weighted by Gasteiger charge is 2.22. The Labute approximate surface area is 112 Å². The van der Waals surface area contributed by atoms with E-state index in [2.05, 4.69) is 15.9 Å². The van der Waals surface area contributed by atoms with Gasteiger partial charge in [-0.1, -0.05) is 22.9 Å². The van der Waals surface area contributed by atoms with Crippen LogP contribution in [0, 0.1) is 11.6 Å². The van der Waals surface area contributed by atoms with Gasteiger partial charge in [0.1, 0.15) is 0 Å². The fourth-order valence-corrected chi connectivity index (χ4v) is 1.71. The zero-order valence-corrected chi connectivity index (χ0v) is 11.6. The first-order valence-electron chi connectivity index (χ1n) is 5.47. The van der Waals surface area contributed by atoms with Crippen LogP contribution in [0.2, 0.25) is 0 Å². The predicted octanol–water partition coefficient (Wildman–Crippen LogP) is 3.45. The Kier molecular flexibility index (Phi) is 5.53. The summed E-state index contributed by atoms with van der Waals surface area (Å²) < 4.78 is 36.9. The maximum Gasteiger partial charge on any atom is 0.347 e. The number of halogens is 3. The van der Waals surface area contributed by atoms with Gasteiger partial charge < -0.3 is 9.47 Å². The molecule has 1 atom stereocenters. The summed E-state index contributed by atoms with van der Waals surface area (Å²) in [4.78, 5) is 11.5. The molecule has 0 aliphatic rings. The minimum absolute atomic E-state index is 0.202. The van der Waals surface area contributed by atoms with Crippen molar-refractivity contribution in [2.45, 2.75) is 26.4 Å². The maximum absolute atomic E-state index is 13.5. The summed E-state index contributed by atoms with van der Waals surface area (Å²) >= 11 is 3.02. The predicted molar refractivity (Wildman–Crippen MR) is 65.4 cm³/mol. The number of benzene rings is 1. The third-order valence-electron chi connectivity index (χ3n) is 2.15.